The van der Waals surface area contributed by atoms with Gasteiger partial charge < -0.3 is 15.0 Å². The molecule has 0 aliphatic carbocycles. The first kappa shape index (κ1) is 28.4. The van der Waals surface area contributed by atoms with Gasteiger partial charge in [-0.2, -0.15) is 5.10 Å². The van der Waals surface area contributed by atoms with Gasteiger partial charge in [0.05, 0.1) is 24.1 Å². The summed E-state index contributed by atoms with van der Waals surface area (Å²) in [5, 5.41) is 12.0. The van der Waals surface area contributed by atoms with Crippen LogP contribution < -0.4 is 10.6 Å². The summed E-state index contributed by atoms with van der Waals surface area (Å²) in [4.78, 5) is 43.9. The van der Waals surface area contributed by atoms with Gasteiger partial charge in [-0.05, 0) is 76.7 Å². The van der Waals surface area contributed by atoms with E-state index < -0.39 is 23.5 Å². The third kappa shape index (κ3) is 7.64. The van der Waals surface area contributed by atoms with Crippen LogP contribution in [-0.2, 0) is 14.3 Å². The predicted octanol–water partition coefficient (Wildman–Crippen LogP) is 5.00. The van der Waals surface area contributed by atoms with Gasteiger partial charge in [0.1, 0.15) is 11.4 Å². The number of nitrogens with zero attached hydrogens (tertiary/aromatic N) is 3. The minimum atomic E-state index is -0.754. The highest BCUT2D eigenvalue weighted by Gasteiger charge is 2.32. The number of carbonyl (C=O) groups is 3. The average molecular weight is 521 g/mol. The Morgan fingerprint density at radius 3 is 2.58 bits per heavy atom. The number of carbonyl (C=O) groups excluding carboxylic acids is 3. The first-order chi connectivity index (χ1) is 18.0. The van der Waals surface area contributed by atoms with Gasteiger partial charge in [-0.15, -0.1) is 0 Å². The number of hydrogen-bond donors (Lipinski definition) is 3. The molecular formula is C28H36N6O4. The molecule has 2 aromatic heterocycles. The number of nitrogens with one attached hydrogen (secondary N) is 3. The zero-order valence-electron chi connectivity index (χ0n) is 22.6. The van der Waals surface area contributed by atoms with Crippen molar-refractivity contribution in [2.75, 3.05) is 17.2 Å². The average Bonchev–Trinajstić information content (AvgIpc) is 3.39. The molecule has 1 saturated heterocycles. The lowest BCUT2D eigenvalue weighted by Crippen LogP contribution is -2.48. The van der Waals surface area contributed by atoms with Crippen molar-refractivity contribution in [1.82, 2.24) is 20.1 Å². The molecule has 1 aliphatic heterocycles. The number of aromatic amines is 1. The largest absolute Gasteiger partial charge is 0.444 e. The van der Waals surface area contributed by atoms with Crippen LogP contribution in [0, 0.1) is 6.92 Å². The van der Waals surface area contributed by atoms with Crippen molar-refractivity contribution in [1.29, 1.82) is 0 Å². The van der Waals surface area contributed by atoms with Crippen molar-refractivity contribution < 1.29 is 19.1 Å². The highest BCUT2D eigenvalue weighted by Crippen LogP contribution is 2.25. The van der Waals surface area contributed by atoms with E-state index in [2.05, 4.69) is 32.4 Å². The lowest BCUT2D eigenvalue weighted by molar-refractivity contribution is -0.145. The second-order valence-corrected chi connectivity index (χ2v) is 10.1. The Kier molecular flexibility index (Phi) is 9.22. The molecule has 1 aliphatic rings. The fourth-order valence-electron chi connectivity index (χ4n) is 4.13. The van der Waals surface area contributed by atoms with E-state index in [1.807, 2.05) is 25.2 Å². The molecule has 3 N–H and O–H groups in total. The lowest BCUT2D eigenvalue weighted by Gasteiger charge is -2.35. The van der Waals surface area contributed by atoms with E-state index in [0.717, 1.165) is 36.0 Å². The van der Waals surface area contributed by atoms with Gasteiger partial charge in [-0.1, -0.05) is 24.8 Å². The molecule has 3 amide bonds. The fraction of sp³-hybridized carbons (Fsp3) is 0.393. The van der Waals surface area contributed by atoms with Gasteiger partial charge in [0.2, 0.25) is 0 Å². The summed E-state index contributed by atoms with van der Waals surface area (Å²) in [5.74, 6) is -1.08. The molecule has 10 heteroatoms. The second-order valence-electron chi connectivity index (χ2n) is 10.1. The van der Waals surface area contributed by atoms with Crippen molar-refractivity contribution in [2.24, 2.45) is 0 Å². The van der Waals surface area contributed by atoms with Crippen LogP contribution in [0.25, 0.3) is 5.57 Å². The molecule has 1 atom stereocenters. The molecule has 3 rings (SSSR count). The molecule has 10 nitrogen and oxygen atoms in total. The predicted molar refractivity (Wildman–Crippen MR) is 147 cm³/mol. The number of hydrogen-bond acceptors (Lipinski definition) is 6. The summed E-state index contributed by atoms with van der Waals surface area (Å²) in [6, 6.07) is 1.36. The number of piperidine rings is 1. The molecule has 0 unspecified atom stereocenters. The van der Waals surface area contributed by atoms with Crippen LogP contribution in [-0.4, -0.2) is 56.2 Å². The van der Waals surface area contributed by atoms with Gasteiger partial charge in [-0.3, -0.25) is 20.0 Å². The SMILES string of the molecule is C=C(/C=C\C(=C/C)c1cn[nH]c1)[C@@H]1CCCCN1C(=O)C(=O)Nc1cnc(NC(=O)OC(C)(C)C)c(C)c1. The number of anilines is 2. The van der Waals surface area contributed by atoms with Crippen molar-refractivity contribution in [3.8, 4) is 0 Å². The van der Waals surface area contributed by atoms with Gasteiger partial charge in [-0.25, -0.2) is 9.78 Å². The summed E-state index contributed by atoms with van der Waals surface area (Å²) < 4.78 is 5.25. The molecule has 3 heterocycles. The zero-order valence-corrected chi connectivity index (χ0v) is 22.6. The van der Waals surface area contributed by atoms with Crippen LogP contribution in [0.2, 0.25) is 0 Å². The zero-order chi connectivity index (χ0) is 27.9. The third-order valence-corrected chi connectivity index (χ3v) is 5.96. The molecular weight excluding hydrogens is 484 g/mol. The van der Waals surface area contributed by atoms with Crippen LogP contribution in [0.15, 0.2) is 55.0 Å². The van der Waals surface area contributed by atoms with E-state index in [0.29, 0.717) is 23.6 Å². The standard InChI is InChI=1S/C28H36N6O4/c1-7-20(21-15-30-31-16-21)12-11-18(2)23-10-8-9-13-34(23)26(36)25(35)32-22-14-19(3)24(29-17-22)33-27(37)38-28(4,5)6/h7,11-12,14-17,23H,2,8-10,13H2,1,3-6H3,(H,30,31)(H,32,35)(H,29,33,37)/b12-11-,20-7+/t23-/m0/s1. The van der Waals surface area contributed by atoms with Gasteiger partial charge in [0, 0.05) is 18.3 Å². The number of amides is 3. The molecule has 1 fully saturated rings. The number of aryl methyl sites for hydroxylation is 1. The van der Waals surface area contributed by atoms with E-state index in [-0.39, 0.29) is 6.04 Å². The molecule has 0 bridgehead atoms. The Bertz CT molecular complexity index is 1240. The highest BCUT2D eigenvalue weighted by atomic mass is 16.6. The summed E-state index contributed by atoms with van der Waals surface area (Å²) in [5.41, 5.74) is 2.98. The third-order valence-electron chi connectivity index (χ3n) is 5.96. The summed E-state index contributed by atoms with van der Waals surface area (Å²) >= 11 is 0. The number of rotatable bonds is 6. The lowest BCUT2D eigenvalue weighted by atomic mass is 9.94. The van der Waals surface area contributed by atoms with Crippen LogP contribution in [0.5, 0.6) is 0 Å². The van der Waals surface area contributed by atoms with Crippen molar-refractivity contribution in [3.05, 3.63) is 66.2 Å². The minimum Gasteiger partial charge on any atom is -0.444 e. The monoisotopic (exact) mass is 520 g/mol. The maximum Gasteiger partial charge on any atom is 0.413 e. The summed E-state index contributed by atoms with van der Waals surface area (Å²) in [6.45, 7) is 13.6. The van der Waals surface area contributed by atoms with Gasteiger partial charge in [0.15, 0.2) is 0 Å². The maximum absolute atomic E-state index is 13.2. The number of ether oxygens (including phenoxy) is 1. The molecule has 2 aromatic rings. The molecule has 0 spiro atoms. The number of likely N-dealkylation sites (tertiary alicyclic amines) is 1. The summed E-state index contributed by atoms with van der Waals surface area (Å²) in [7, 11) is 0. The Morgan fingerprint density at radius 1 is 1.18 bits per heavy atom. The number of H-pyrrole nitrogens is 1. The first-order valence-electron chi connectivity index (χ1n) is 12.6. The highest BCUT2D eigenvalue weighted by molar-refractivity contribution is 6.39. The van der Waals surface area contributed by atoms with Crippen LogP contribution in [0.4, 0.5) is 16.3 Å². The molecule has 0 radical (unpaired) electrons. The Labute approximate surface area is 223 Å². The first-order valence-corrected chi connectivity index (χ1v) is 12.6. The second kappa shape index (κ2) is 12.4. The molecule has 0 saturated carbocycles. The van der Waals surface area contributed by atoms with Gasteiger partial charge >= 0.3 is 17.9 Å². The summed E-state index contributed by atoms with van der Waals surface area (Å²) in [6.07, 6.45) is 12.6. The maximum atomic E-state index is 13.2. The molecule has 202 valence electrons. The minimum absolute atomic E-state index is 0.277. The number of allylic oxidation sites excluding steroid dienone is 3. The van der Waals surface area contributed by atoms with E-state index in [1.165, 1.54) is 6.20 Å². The number of aromatic nitrogens is 3. The Balaban J connectivity index is 1.65. The fourth-order valence-corrected chi connectivity index (χ4v) is 4.13. The van der Waals surface area contributed by atoms with Crippen LogP contribution in [0.1, 0.15) is 58.1 Å². The Hall–Kier alpha value is -4.21. The normalized spacial score (nSPS) is 16.3. The van der Waals surface area contributed by atoms with Crippen LogP contribution in [0.3, 0.4) is 0 Å². The van der Waals surface area contributed by atoms with Crippen LogP contribution >= 0.6 is 0 Å². The topological polar surface area (TPSA) is 129 Å². The van der Waals surface area contributed by atoms with Crippen molar-refractivity contribution in [2.45, 2.75) is 65.5 Å². The van der Waals surface area contributed by atoms with Crippen molar-refractivity contribution >= 4 is 35.0 Å². The van der Waals surface area contributed by atoms with E-state index in [4.69, 9.17) is 4.74 Å². The van der Waals surface area contributed by atoms with Crippen molar-refractivity contribution in [3.63, 3.8) is 0 Å². The van der Waals surface area contributed by atoms with E-state index >= 15 is 0 Å². The number of pyridine rings is 1. The molecule has 0 aromatic carbocycles. The smallest absolute Gasteiger partial charge is 0.413 e. The molecule has 38 heavy (non-hydrogen) atoms. The van der Waals surface area contributed by atoms with E-state index in [9.17, 15) is 14.4 Å². The quantitative estimate of drug-likeness (QED) is 0.363. The van der Waals surface area contributed by atoms with E-state index in [1.54, 1.807) is 51.1 Å². The Morgan fingerprint density at radius 2 is 1.95 bits per heavy atom. The van der Waals surface area contributed by atoms with Gasteiger partial charge in [0.25, 0.3) is 0 Å².